The lowest BCUT2D eigenvalue weighted by Crippen LogP contribution is -2.56. The molecule has 17 heavy (non-hydrogen) atoms. The Morgan fingerprint density at radius 3 is 2.18 bits per heavy atom. The van der Waals surface area contributed by atoms with E-state index in [0.29, 0.717) is 0 Å². The van der Waals surface area contributed by atoms with Crippen molar-refractivity contribution >= 4 is 15.9 Å². The van der Waals surface area contributed by atoms with Crippen LogP contribution in [-0.4, -0.2) is 45.1 Å². The summed E-state index contributed by atoms with van der Waals surface area (Å²) in [6.45, 7) is 0.707. The van der Waals surface area contributed by atoms with Gasteiger partial charge in [-0.1, -0.05) is 0 Å². The van der Waals surface area contributed by atoms with Crippen LogP contribution in [0.3, 0.4) is 0 Å². The molecular formula is C8H17F2N3O3S. The number of hydrogen-bond acceptors (Lipinski definition) is 4. The molecule has 0 aliphatic rings. The molecule has 0 aromatic heterocycles. The number of sulfonamides is 1. The van der Waals surface area contributed by atoms with Gasteiger partial charge in [-0.3, -0.25) is 4.79 Å². The molecule has 0 spiro atoms. The molecule has 6 nitrogen and oxygen atoms in total. The summed E-state index contributed by atoms with van der Waals surface area (Å²) in [6.07, 6.45) is 0.872. The van der Waals surface area contributed by atoms with Crippen LogP contribution in [0.1, 0.15) is 13.8 Å². The molecule has 0 saturated heterocycles. The number of carbonyl (C=O) groups is 1. The van der Waals surface area contributed by atoms with E-state index in [-0.39, 0.29) is 0 Å². The van der Waals surface area contributed by atoms with Crippen molar-refractivity contribution in [2.75, 3.05) is 19.3 Å². The maximum atomic E-state index is 12.8. The fourth-order valence-corrected chi connectivity index (χ4v) is 2.03. The first kappa shape index (κ1) is 16.2. The summed E-state index contributed by atoms with van der Waals surface area (Å²) in [7, 11) is -3.61. The molecule has 0 atom stereocenters. The molecule has 0 aliphatic heterocycles. The Kier molecular flexibility index (Phi) is 4.99. The quantitative estimate of drug-likeness (QED) is 0.579. The van der Waals surface area contributed by atoms with Gasteiger partial charge in [0.2, 0.25) is 15.9 Å². The Balaban J connectivity index is 4.51. The summed E-state index contributed by atoms with van der Waals surface area (Å²) in [5.74, 6) is -4.06. The number of hydrogen-bond donors (Lipinski definition) is 3. The molecule has 102 valence electrons. The molecule has 0 radical (unpaired) electrons. The zero-order valence-corrected chi connectivity index (χ0v) is 10.7. The van der Waals surface area contributed by atoms with Crippen LogP contribution in [0.15, 0.2) is 0 Å². The fraction of sp³-hybridized carbons (Fsp3) is 0.875. The molecule has 9 heteroatoms. The molecule has 0 aliphatic carbocycles. The predicted molar refractivity (Wildman–Crippen MR) is 59.1 cm³/mol. The molecular weight excluding hydrogens is 256 g/mol. The third kappa shape index (κ3) is 6.49. The van der Waals surface area contributed by atoms with E-state index in [0.717, 1.165) is 6.26 Å². The first-order valence-corrected chi connectivity index (χ1v) is 6.64. The Morgan fingerprint density at radius 1 is 1.35 bits per heavy atom. The summed E-state index contributed by atoms with van der Waals surface area (Å²) < 4.78 is 49.5. The molecule has 0 bridgehead atoms. The third-order valence-corrected chi connectivity index (χ3v) is 2.70. The Labute approximate surface area is 99.0 Å². The van der Waals surface area contributed by atoms with Gasteiger partial charge < -0.3 is 11.1 Å². The maximum absolute atomic E-state index is 12.8. The van der Waals surface area contributed by atoms with Gasteiger partial charge in [0, 0.05) is 0 Å². The van der Waals surface area contributed by atoms with Gasteiger partial charge in [0.25, 0.3) is 5.92 Å². The monoisotopic (exact) mass is 273 g/mol. The zero-order valence-electron chi connectivity index (χ0n) is 9.88. The normalized spacial score (nSPS) is 13.5. The van der Waals surface area contributed by atoms with Crippen LogP contribution in [0.4, 0.5) is 8.78 Å². The van der Waals surface area contributed by atoms with Crippen LogP contribution < -0.4 is 15.8 Å². The molecule has 0 unspecified atom stereocenters. The summed E-state index contributed by atoms with van der Waals surface area (Å²) in [5.41, 5.74) is 3.29. The van der Waals surface area contributed by atoms with Crippen LogP contribution in [0.2, 0.25) is 0 Å². The Morgan fingerprint density at radius 2 is 1.82 bits per heavy atom. The molecule has 0 aromatic rings. The van der Waals surface area contributed by atoms with Gasteiger partial charge in [0.1, 0.15) is 5.54 Å². The Bertz CT molecular complexity index is 381. The maximum Gasteiger partial charge on any atom is 0.277 e. The van der Waals surface area contributed by atoms with E-state index in [1.54, 1.807) is 0 Å². The van der Waals surface area contributed by atoms with Crippen molar-refractivity contribution in [1.29, 1.82) is 0 Å². The van der Waals surface area contributed by atoms with Gasteiger partial charge in [0.05, 0.1) is 19.3 Å². The van der Waals surface area contributed by atoms with Crippen molar-refractivity contribution in [2.24, 2.45) is 5.73 Å². The number of rotatable bonds is 6. The lowest BCUT2D eigenvalue weighted by atomic mass is 10.1. The van der Waals surface area contributed by atoms with E-state index in [1.165, 1.54) is 13.8 Å². The van der Waals surface area contributed by atoms with Crippen LogP contribution in [-0.2, 0) is 14.8 Å². The molecule has 4 N–H and O–H groups in total. The number of halogens is 2. The van der Waals surface area contributed by atoms with E-state index in [4.69, 9.17) is 5.73 Å². The lowest BCUT2D eigenvalue weighted by molar-refractivity contribution is -0.127. The topological polar surface area (TPSA) is 101 Å². The van der Waals surface area contributed by atoms with Gasteiger partial charge in [-0.05, 0) is 13.8 Å². The van der Waals surface area contributed by atoms with Crippen molar-refractivity contribution in [1.82, 2.24) is 10.0 Å². The van der Waals surface area contributed by atoms with Crippen molar-refractivity contribution < 1.29 is 22.0 Å². The second kappa shape index (κ2) is 5.23. The predicted octanol–water partition coefficient (Wildman–Crippen LogP) is -0.976. The highest BCUT2D eigenvalue weighted by molar-refractivity contribution is 7.88. The molecule has 0 fully saturated rings. The van der Waals surface area contributed by atoms with Crippen LogP contribution in [0, 0.1) is 0 Å². The summed E-state index contributed by atoms with van der Waals surface area (Å²) in [4.78, 5) is 11.5. The first-order valence-electron chi connectivity index (χ1n) is 4.75. The van der Waals surface area contributed by atoms with Gasteiger partial charge in [-0.25, -0.2) is 21.9 Å². The van der Waals surface area contributed by atoms with Crippen LogP contribution >= 0.6 is 0 Å². The summed E-state index contributed by atoms with van der Waals surface area (Å²) in [5, 5.41) is 1.94. The number of alkyl halides is 2. The summed E-state index contributed by atoms with van der Waals surface area (Å²) >= 11 is 0. The van der Waals surface area contributed by atoms with E-state index in [2.05, 4.69) is 0 Å². The van der Waals surface area contributed by atoms with Gasteiger partial charge in [-0.2, -0.15) is 0 Å². The van der Waals surface area contributed by atoms with Crippen molar-refractivity contribution in [3.63, 3.8) is 0 Å². The van der Waals surface area contributed by atoms with Crippen LogP contribution in [0.25, 0.3) is 0 Å². The smallest absolute Gasteiger partial charge is 0.277 e. The lowest BCUT2D eigenvalue weighted by Gasteiger charge is -2.25. The average Bonchev–Trinajstić information content (AvgIpc) is 2.10. The van der Waals surface area contributed by atoms with Gasteiger partial charge in [-0.15, -0.1) is 0 Å². The van der Waals surface area contributed by atoms with E-state index in [1.807, 2.05) is 10.0 Å². The second-order valence-electron chi connectivity index (χ2n) is 4.24. The second-order valence-corrected chi connectivity index (χ2v) is 5.99. The van der Waals surface area contributed by atoms with Crippen LogP contribution in [0.5, 0.6) is 0 Å². The fourth-order valence-electron chi connectivity index (χ4n) is 1.01. The molecule has 1 amide bonds. The Hall–Kier alpha value is -0.800. The summed E-state index contributed by atoms with van der Waals surface area (Å²) in [6, 6.07) is 0. The number of nitrogens with one attached hydrogen (secondary N) is 2. The van der Waals surface area contributed by atoms with E-state index >= 15 is 0 Å². The molecule has 0 rings (SSSR count). The number of nitrogens with two attached hydrogens (primary N) is 1. The zero-order chi connectivity index (χ0) is 13.9. The highest BCUT2D eigenvalue weighted by Crippen LogP contribution is 2.10. The largest absolute Gasteiger partial charge is 0.348 e. The molecule has 0 saturated carbocycles. The highest BCUT2D eigenvalue weighted by Gasteiger charge is 2.34. The van der Waals surface area contributed by atoms with Gasteiger partial charge in [0.15, 0.2) is 0 Å². The minimum atomic E-state index is -3.61. The van der Waals surface area contributed by atoms with E-state index in [9.17, 15) is 22.0 Å². The van der Waals surface area contributed by atoms with Crippen molar-refractivity contribution in [2.45, 2.75) is 25.3 Å². The van der Waals surface area contributed by atoms with Crippen molar-refractivity contribution in [3.05, 3.63) is 0 Å². The number of amides is 1. The highest BCUT2D eigenvalue weighted by atomic mass is 32.2. The van der Waals surface area contributed by atoms with E-state index < -0.39 is 40.5 Å². The van der Waals surface area contributed by atoms with Gasteiger partial charge >= 0.3 is 0 Å². The molecule has 0 aromatic carbocycles. The minimum Gasteiger partial charge on any atom is -0.348 e. The van der Waals surface area contributed by atoms with Crippen molar-refractivity contribution in [3.8, 4) is 0 Å². The number of carbonyl (C=O) groups excluding carboxylic acids is 1. The molecule has 0 heterocycles. The minimum absolute atomic E-state index is 0.851. The average molecular weight is 273 g/mol. The third-order valence-electron chi connectivity index (χ3n) is 1.81. The first-order chi connectivity index (χ1) is 7.40. The standard InChI is InChI=1S/C8H17F2N3O3S/c1-7(2,13-17(3,15)16)6(14)12-5-8(9,10)4-11/h13H,4-5,11H2,1-3H3,(H,12,14). The SMILES string of the molecule is CC(C)(NS(C)(=O)=O)C(=O)NCC(F)(F)CN.